The highest BCUT2D eigenvalue weighted by atomic mass is 16.5. The van der Waals surface area contributed by atoms with Crippen molar-refractivity contribution in [3.8, 4) is 0 Å². The van der Waals surface area contributed by atoms with Crippen LogP contribution in [0.3, 0.4) is 0 Å². The largest absolute Gasteiger partial charge is 0.507 e. The molecule has 2 N–H and O–H groups in total. The number of ketones is 1. The average Bonchev–Trinajstić information content (AvgIpc) is 3.46. The van der Waals surface area contributed by atoms with Crippen LogP contribution in [-0.4, -0.2) is 51.3 Å². The van der Waals surface area contributed by atoms with Crippen LogP contribution in [0.5, 0.6) is 0 Å². The fraction of sp³-hybridized carbons (Fsp3) is 0.172. The molecule has 1 unspecified atom stereocenters. The van der Waals surface area contributed by atoms with E-state index in [1.807, 2.05) is 31.3 Å². The topological polar surface area (TPSA) is 113 Å². The number of fused-ring (bicyclic) bond motifs is 1. The Morgan fingerprint density at radius 3 is 2.57 bits per heavy atom. The Bertz CT molecular complexity index is 1540. The van der Waals surface area contributed by atoms with E-state index in [4.69, 9.17) is 4.74 Å². The number of methoxy groups -OCH3 is 1. The third-order valence-corrected chi connectivity index (χ3v) is 6.74. The van der Waals surface area contributed by atoms with Crippen LogP contribution >= 0.6 is 0 Å². The van der Waals surface area contributed by atoms with Gasteiger partial charge in [-0.1, -0.05) is 24.3 Å². The predicted molar refractivity (Wildman–Crippen MR) is 138 cm³/mol. The molecule has 1 fully saturated rings. The van der Waals surface area contributed by atoms with Crippen LogP contribution in [0, 0.1) is 6.92 Å². The van der Waals surface area contributed by atoms with E-state index in [0.29, 0.717) is 23.1 Å². The summed E-state index contributed by atoms with van der Waals surface area (Å²) in [6.07, 6.45) is 5.42. The van der Waals surface area contributed by atoms with Gasteiger partial charge in [0.1, 0.15) is 5.76 Å². The Morgan fingerprint density at radius 1 is 1.08 bits per heavy atom. The maximum atomic E-state index is 13.3. The summed E-state index contributed by atoms with van der Waals surface area (Å²) in [6.45, 7) is 2.28. The number of nitrogens with one attached hydrogen (secondary N) is 1. The zero-order valence-corrected chi connectivity index (χ0v) is 20.4. The van der Waals surface area contributed by atoms with Gasteiger partial charge in [0.25, 0.3) is 11.7 Å². The monoisotopic (exact) mass is 495 g/mol. The molecule has 186 valence electrons. The SMILES string of the molecule is COC(=O)c1ccc(C2/C(=C(\O)c3cccnc3)C(=O)C(=O)N2CCc2c[nH]c3cccc(C)c23)cc1. The van der Waals surface area contributed by atoms with Crippen molar-refractivity contribution in [3.63, 3.8) is 0 Å². The first-order valence-electron chi connectivity index (χ1n) is 11.8. The number of pyridine rings is 1. The highest BCUT2D eigenvalue weighted by Crippen LogP contribution is 2.39. The summed E-state index contributed by atoms with van der Waals surface area (Å²) in [6, 6.07) is 14.9. The van der Waals surface area contributed by atoms with Gasteiger partial charge in [0.05, 0.1) is 24.3 Å². The first-order chi connectivity index (χ1) is 17.9. The van der Waals surface area contributed by atoms with Crippen LogP contribution < -0.4 is 0 Å². The molecular formula is C29H25N3O5. The average molecular weight is 496 g/mol. The summed E-state index contributed by atoms with van der Waals surface area (Å²) in [5, 5.41) is 12.2. The number of rotatable bonds is 6. The van der Waals surface area contributed by atoms with Crippen molar-refractivity contribution in [3.05, 3.63) is 107 Å². The summed E-state index contributed by atoms with van der Waals surface area (Å²) in [5.41, 5.74) is 4.40. The van der Waals surface area contributed by atoms with E-state index in [1.54, 1.807) is 42.6 Å². The van der Waals surface area contributed by atoms with Crippen LogP contribution in [0.25, 0.3) is 16.7 Å². The van der Waals surface area contributed by atoms with Gasteiger partial charge in [-0.25, -0.2) is 4.79 Å². The van der Waals surface area contributed by atoms with E-state index in [0.717, 1.165) is 22.0 Å². The molecule has 1 saturated heterocycles. The lowest BCUT2D eigenvalue weighted by atomic mass is 9.95. The third-order valence-electron chi connectivity index (χ3n) is 6.74. The molecule has 0 saturated carbocycles. The summed E-state index contributed by atoms with van der Waals surface area (Å²) in [5.74, 6) is -2.24. The van der Waals surface area contributed by atoms with Crippen LogP contribution in [-0.2, 0) is 20.7 Å². The number of esters is 1. The minimum absolute atomic E-state index is 0.0149. The summed E-state index contributed by atoms with van der Waals surface area (Å²) in [4.78, 5) is 47.2. The molecule has 0 bridgehead atoms. The predicted octanol–water partition coefficient (Wildman–Crippen LogP) is 4.32. The standard InChI is InChI=1S/C29H25N3O5/c1-17-5-3-7-22-23(17)20(16-31-22)12-14-32-25(18-8-10-19(11-9-18)29(36)37-2)24(27(34)28(32)35)26(33)21-6-4-13-30-15-21/h3-11,13,15-16,25,31,33H,12,14H2,1-2H3/b26-24+. The number of H-pyrrole nitrogens is 1. The molecule has 8 heteroatoms. The molecule has 5 rings (SSSR count). The molecule has 1 aliphatic rings. The first kappa shape index (κ1) is 24.0. The number of likely N-dealkylation sites (tertiary alicyclic amines) is 1. The highest BCUT2D eigenvalue weighted by molar-refractivity contribution is 6.46. The van der Waals surface area contributed by atoms with Crippen molar-refractivity contribution in [2.75, 3.05) is 13.7 Å². The minimum atomic E-state index is -0.835. The summed E-state index contributed by atoms with van der Waals surface area (Å²) in [7, 11) is 1.30. The van der Waals surface area contributed by atoms with Gasteiger partial charge in [0.2, 0.25) is 0 Å². The van der Waals surface area contributed by atoms with E-state index in [-0.39, 0.29) is 17.9 Å². The number of aromatic nitrogens is 2. The second-order valence-electron chi connectivity index (χ2n) is 8.91. The molecular weight excluding hydrogens is 470 g/mol. The molecule has 1 aliphatic heterocycles. The number of nitrogens with zero attached hydrogens (tertiary/aromatic N) is 2. The normalized spacial score (nSPS) is 16.9. The number of carbonyl (C=O) groups excluding carboxylic acids is 3. The fourth-order valence-electron chi connectivity index (χ4n) is 4.92. The van der Waals surface area contributed by atoms with Crippen molar-refractivity contribution >= 4 is 34.3 Å². The highest BCUT2D eigenvalue weighted by Gasteiger charge is 2.46. The lowest BCUT2D eigenvalue weighted by Gasteiger charge is -2.25. The quantitative estimate of drug-likeness (QED) is 0.178. The molecule has 0 aliphatic carbocycles. The van der Waals surface area contributed by atoms with Gasteiger partial charge >= 0.3 is 5.97 Å². The Labute approximate surface area is 213 Å². The molecule has 1 amide bonds. The summed E-state index contributed by atoms with van der Waals surface area (Å²) < 4.78 is 4.78. The zero-order valence-electron chi connectivity index (χ0n) is 20.4. The van der Waals surface area contributed by atoms with Gasteiger partial charge < -0.3 is 19.7 Å². The second-order valence-corrected chi connectivity index (χ2v) is 8.91. The van der Waals surface area contributed by atoms with Gasteiger partial charge in [0, 0.05) is 41.6 Å². The van der Waals surface area contributed by atoms with Gasteiger partial charge in [-0.15, -0.1) is 0 Å². The van der Waals surface area contributed by atoms with E-state index in [2.05, 4.69) is 9.97 Å². The smallest absolute Gasteiger partial charge is 0.337 e. The van der Waals surface area contributed by atoms with E-state index in [1.165, 1.54) is 18.2 Å². The molecule has 4 aromatic rings. The van der Waals surface area contributed by atoms with Gasteiger partial charge in [0.15, 0.2) is 0 Å². The molecule has 8 nitrogen and oxygen atoms in total. The van der Waals surface area contributed by atoms with Crippen LogP contribution in [0.4, 0.5) is 0 Å². The fourth-order valence-corrected chi connectivity index (χ4v) is 4.92. The van der Waals surface area contributed by atoms with Gasteiger partial charge in [-0.05, 0) is 60.4 Å². The first-order valence-corrected chi connectivity index (χ1v) is 11.8. The molecule has 1 atom stereocenters. The molecule has 2 aromatic carbocycles. The minimum Gasteiger partial charge on any atom is -0.507 e. The molecule has 0 radical (unpaired) electrons. The number of carbonyl (C=O) groups is 3. The number of aliphatic hydroxyl groups is 1. The molecule has 37 heavy (non-hydrogen) atoms. The number of amides is 1. The van der Waals surface area contributed by atoms with Crippen LogP contribution in [0.2, 0.25) is 0 Å². The number of Topliss-reactive ketones (excluding diaryl/α,β-unsaturated/α-hetero) is 1. The lowest BCUT2D eigenvalue weighted by molar-refractivity contribution is -0.139. The van der Waals surface area contributed by atoms with Crippen molar-refractivity contribution in [1.29, 1.82) is 0 Å². The number of ether oxygens (including phenoxy) is 1. The number of benzene rings is 2. The summed E-state index contributed by atoms with van der Waals surface area (Å²) >= 11 is 0. The van der Waals surface area contributed by atoms with Crippen molar-refractivity contribution in [1.82, 2.24) is 14.9 Å². The van der Waals surface area contributed by atoms with Crippen molar-refractivity contribution in [2.45, 2.75) is 19.4 Å². The van der Waals surface area contributed by atoms with E-state index >= 15 is 0 Å². The molecule has 2 aromatic heterocycles. The number of hydrogen-bond donors (Lipinski definition) is 2. The van der Waals surface area contributed by atoms with Crippen molar-refractivity contribution < 1.29 is 24.2 Å². The number of aromatic amines is 1. The lowest BCUT2D eigenvalue weighted by Crippen LogP contribution is -2.31. The number of aliphatic hydroxyl groups excluding tert-OH is 1. The Kier molecular flexibility index (Phi) is 6.31. The van der Waals surface area contributed by atoms with Gasteiger partial charge in [-0.3, -0.25) is 14.6 Å². The van der Waals surface area contributed by atoms with E-state index < -0.39 is 23.7 Å². The van der Waals surface area contributed by atoms with Crippen molar-refractivity contribution in [2.24, 2.45) is 0 Å². The Morgan fingerprint density at radius 2 is 1.86 bits per heavy atom. The van der Waals surface area contributed by atoms with Crippen LogP contribution in [0.1, 0.15) is 38.7 Å². The number of aryl methyl sites for hydroxylation is 1. The second kappa shape index (κ2) is 9.73. The number of hydrogen-bond acceptors (Lipinski definition) is 6. The maximum absolute atomic E-state index is 13.3. The zero-order chi connectivity index (χ0) is 26.1. The third kappa shape index (κ3) is 4.27. The van der Waals surface area contributed by atoms with Gasteiger partial charge in [-0.2, -0.15) is 0 Å². The Hall–Kier alpha value is -4.72. The maximum Gasteiger partial charge on any atom is 0.337 e. The van der Waals surface area contributed by atoms with E-state index in [9.17, 15) is 19.5 Å². The van der Waals surface area contributed by atoms with Crippen LogP contribution in [0.15, 0.2) is 78.8 Å². The Balaban J connectivity index is 1.57. The molecule has 3 heterocycles. The molecule has 0 spiro atoms.